The molecule has 42 heavy (non-hydrogen) atoms. The van der Waals surface area contributed by atoms with E-state index in [1.54, 1.807) is 42.5 Å². The summed E-state index contributed by atoms with van der Waals surface area (Å²) >= 11 is 5.98. The summed E-state index contributed by atoms with van der Waals surface area (Å²) in [5.74, 6) is 1.42. The van der Waals surface area contributed by atoms with Crippen LogP contribution < -0.4 is 15.0 Å². The molecule has 0 bridgehead atoms. The molecule has 0 spiro atoms. The first-order valence-electron chi connectivity index (χ1n) is 12.8. The van der Waals surface area contributed by atoms with Crippen molar-refractivity contribution in [3.8, 4) is 23.0 Å². The molecule has 0 unspecified atom stereocenters. The Balaban J connectivity index is 1.25. The predicted octanol–water partition coefficient (Wildman–Crippen LogP) is 5.77. The van der Waals surface area contributed by atoms with Crippen LogP contribution in [-0.2, 0) is 26.3 Å². The van der Waals surface area contributed by atoms with Gasteiger partial charge in [0.1, 0.15) is 35.6 Å². The minimum Gasteiger partial charge on any atom is -0.457 e. The average molecular weight is 608 g/mol. The Labute approximate surface area is 247 Å². The third-order valence-corrected chi connectivity index (χ3v) is 8.41. The fourth-order valence-corrected chi connectivity index (χ4v) is 6.06. The number of carbonyl (C=O) groups is 1. The van der Waals surface area contributed by atoms with E-state index in [4.69, 9.17) is 25.9 Å². The molecule has 1 fully saturated rings. The molecule has 4 aromatic carbocycles. The number of carbonyl (C=O) groups excluding carboxylic acids is 1. The fourth-order valence-electron chi connectivity index (χ4n) is 4.27. The van der Waals surface area contributed by atoms with Gasteiger partial charge in [-0.2, -0.15) is 4.31 Å². The van der Waals surface area contributed by atoms with Crippen LogP contribution >= 0.6 is 11.6 Å². The Kier molecular flexibility index (Phi) is 9.03. The standard InChI is InChI=1S/C30H26ClN3O7S/c31-22-6-4-5-21(17-22)20-39-33-23-18-29(30(35)32-36)34(19-23)42(37,38)28-15-13-27(14-16-28)41-26-11-9-25(10-12-26)40-24-7-2-1-3-8-24/h1-17,29,36H,18-20H2,(H,32,35)/b33-23-/t29-/m0/s1. The number of amides is 1. The van der Waals surface area contributed by atoms with Gasteiger partial charge < -0.3 is 14.3 Å². The number of para-hydroxylation sites is 1. The highest BCUT2D eigenvalue weighted by Crippen LogP contribution is 2.30. The summed E-state index contributed by atoms with van der Waals surface area (Å²) in [7, 11) is -4.15. The molecule has 216 valence electrons. The van der Waals surface area contributed by atoms with Gasteiger partial charge in [0.05, 0.1) is 17.2 Å². The van der Waals surface area contributed by atoms with Crippen LogP contribution in [0.5, 0.6) is 23.0 Å². The molecule has 1 atom stereocenters. The number of halogens is 1. The predicted molar refractivity (Wildman–Crippen MR) is 155 cm³/mol. The summed E-state index contributed by atoms with van der Waals surface area (Å²) in [5, 5.41) is 13.8. The van der Waals surface area contributed by atoms with Crippen LogP contribution in [0.1, 0.15) is 12.0 Å². The molecule has 1 saturated heterocycles. The molecule has 4 aromatic rings. The third-order valence-electron chi connectivity index (χ3n) is 6.31. The molecule has 0 radical (unpaired) electrons. The summed E-state index contributed by atoms with van der Waals surface area (Å²) < 4.78 is 39.6. The number of benzene rings is 4. The van der Waals surface area contributed by atoms with Crippen LogP contribution in [0, 0.1) is 0 Å². The number of ether oxygens (including phenoxy) is 2. The van der Waals surface area contributed by atoms with Crippen molar-refractivity contribution >= 4 is 33.2 Å². The molecule has 1 aliphatic rings. The highest BCUT2D eigenvalue weighted by molar-refractivity contribution is 7.89. The lowest BCUT2D eigenvalue weighted by Gasteiger charge is -2.21. The van der Waals surface area contributed by atoms with E-state index < -0.39 is 22.0 Å². The molecule has 1 heterocycles. The Bertz CT molecular complexity index is 1670. The van der Waals surface area contributed by atoms with Crippen LogP contribution in [0.4, 0.5) is 0 Å². The lowest BCUT2D eigenvalue weighted by Crippen LogP contribution is -2.44. The largest absolute Gasteiger partial charge is 0.457 e. The first-order chi connectivity index (χ1) is 20.3. The molecular formula is C30H26ClN3O7S. The second-order valence-corrected chi connectivity index (χ2v) is 11.6. The number of oxime groups is 1. The summed E-state index contributed by atoms with van der Waals surface area (Å²) in [6, 6.07) is 28.0. The van der Waals surface area contributed by atoms with Gasteiger partial charge >= 0.3 is 0 Å². The van der Waals surface area contributed by atoms with E-state index >= 15 is 0 Å². The average Bonchev–Trinajstić information content (AvgIpc) is 3.44. The van der Waals surface area contributed by atoms with Gasteiger partial charge in [0.15, 0.2) is 0 Å². The van der Waals surface area contributed by atoms with Crippen molar-refractivity contribution in [1.82, 2.24) is 9.79 Å². The van der Waals surface area contributed by atoms with Crippen molar-refractivity contribution in [2.45, 2.75) is 24.0 Å². The van der Waals surface area contributed by atoms with E-state index in [1.165, 1.54) is 29.7 Å². The molecule has 0 aromatic heterocycles. The maximum Gasteiger partial charge on any atom is 0.262 e. The van der Waals surface area contributed by atoms with Crippen LogP contribution in [-0.4, -0.2) is 42.1 Å². The summed E-state index contributed by atoms with van der Waals surface area (Å²) in [6.07, 6.45) is -0.0493. The van der Waals surface area contributed by atoms with Gasteiger partial charge in [0.2, 0.25) is 10.0 Å². The lowest BCUT2D eigenvalue weighted by atomic mass is 10.2. The maximum atomic E-state index is 13.5. The minimum atomic E-state index is -4.15. The Morgan fingerprint density at radius 1 is 0.881 bits per heavy atom. The topological polar surface area (TPSA) is 127 Å². The van der Waals surface area contributed by atoms with Crippen molar-refractivity contribution in [3.05, 3.63) is 114 Å². The summed E-state index contributed by atoms with van der Waals surface area (Å²) in [6.45, 7) is -0.0798. The Morgan fingerprint density at radius 2 is 1.48 bits per heavy atom. The molecule has 2 N–H and O–H groups in total. The van der Waals surface area contributed by atoms with Gasteiger partial charge in [-0.3, -0.25) is 10.0 Å². The minimum absolute atomic E-state index is 0.0493. The van der Waals surface area contributed by atoms with Gasteiger partial charge in [0.25, 0.3) is 5.91 Å². The van der Waals surface area contributed by atoms with Crippen LogP contribution in [0.25, 0.3) is 0 Å². The quantitative estimate of drug-likeness (QED) is 0.173. The van der Waals surface area contributed by atoms with Gasteiger partial charge in [-0.25, -0.2) is 13.9 Å². The van der Waals surface area contributed by atoms with E-state index in [0.717, 1.165) is 9.87 Å². The monoisotopic (exact) mass is 607 g/mol. The van der Waals surface area contributed by atoms with E-state index in [2.05, 4.69) is 5.16 Å². The molecule has 5 rings (SSSR count). The van der Waals surface area contributed by atoms with Gasteiger partial charge in [-0.15, -0.1) is 0 Å². The van der Waals surface area contributed by atoms with Crippen LogP contribution in [0.2, 0.25) is 5.02 Å². The SMILES string of the molecule is O=C(NO)[C@@H]1C/C(=N/OCc2cccc(Cl)c2)CN1S(=O)(=O)c1ccc(Oc2ccc(Oc3ccccc3)cc2)cc1. The zero-order chi connectivity index (χ0) is 29.5. The summed E-state index contributed by atoms with van der Waals surface area (Å²) in [5.41, 5.74) is 2.64. The normalized spacial score (nSPS) is 16.2. The molecule has 0 aliphatic carbocycles. The number of nitrogens with zero attached hydrogens (tertiary/aromatic N) is 2. The van der Waals surface area contributed by atoms with Crippen molar-refractivity contribution in [3.63, 3.8) is 0 Å². The highest BCUT2D eigenvalue weighted by atomic mass is 35.5. The zero-order valence-electron chi connectivity index (χ0n) is 22.1. The van der Waals surface area contributed by atoms with Gasteiger partial charge in [-0.1, -0.05) is 47.1 Å². The molecular weight excluding hydrogens is 582 g/mol. The molecule has 10 nitrogen and oxygen atoms in total. The molecule has 1 amide bonds. The number of sulfonamides is 1. The van der Waals surface area contributed by atoms with E-state index in [1.807, 2.05) is 36.4 Å². The molecule has 1 aliphatic heterocycles. The third kappa shape index (κ3) is 7.07. The van der Waals surface area contributed by atoms with Crippen molar-refractivity contribution in [2.24, 2.45) is 5.16 Å². The highest BCUT2D eigenvalue weighted by Gasteiger charge is 2.43. The van der Waals surface area contributed by atoms with E-state index in [0.29, 0.717) is 33.7 Å². The summed E-state index contributed by atoms with van der Waals surface area (Å²) in [4.78, 5) is 17.7. The van der Waals surface area contributed by atoms with Gasteiger partial charge in [0, 0.05) is 11.4 Å². The number of hydrogen-bond donors (Lipinski definition) is 2. The Morgan fingerprint density at radius 3 is 2.07 bits per heavy atom. The second-order valence-electron chi connectivity index (χ2n) is 9.27. The van der Waals surface area contributed by atoms with E-state index in [-0.39, 0.29) is 24.5 Å². The molecule has 0 saturated carbocycles. The molecule has 12 heteroatoms. The lowest BCUT2D eigenvalue weighted by molar-refractivity contribution is -0.132. The smallest absolute Gasteiger partial charge is 0.262 e. The second kappa shape index (κ2) is 13.0. The first kappa shape index (κ1) is 29.1. The van der Waals surface area contributed by atoms with Crippen LogP contribution in [0.3, 0.4) is 0 Å². The number of rotatable bonds is 10. The van der Waals surface area contributed by atoms with Crippen molar-refractivity contribution < 1.29 is 32.7 Å². The number of nitrogens with one attached hydrogen (secondary N) is 1. The Hall–Kier alpha value is -4.42. The number of hydrogen-bond acceptors (Lipinski definition) is 8. The van der Waals surface area contributed by atoms with Crippen molar-refractivity contribution in [1.29, 1.82) is 0 Å². The van der Waals surface area contributed by atoms with E-state index in [9.17, 15) is 18.4 Å². The number of hydroxylamine groups is 1. The van der Waals surface area contributed by atoms with Crippen molar-refractivity contribution in [2.75, 3.05) is 6.54 Å². The van der Waals surface area contributed by atoms with Gasteiger partial charge in [-0.05, 0) is 78.4 Å². The first-order valence-corrected chi connectivity index (χ1v) is 14.6. The zero-order valence-corrected chi connectivity index (χ0v) is 23.7. The fraction of sp³-hybridized carbons (Fsp3) is 0.133. The maximum absolute atomic E-state index is 13.5. The van der Waals surface area contributed by atoms with Crippen LogP contribution in [0.15, 0.2) is 113 Å².